The number of amides is 1. The molecule has 2 aromatic heterocycles. The molecule has 0 bridgehead atoms. The quantitative estimate of drug-likeness (QED) is 0.715. The van der Waals surface area contributed by atoms with Gasteiger partial charge in [-0.3, -0.25) is 4.79 Å². The fraction of sp³-hybridized carbons (Fsp3) is 0.154. The molecule has 0 saturated heterocycles. The largest absolute Gasteiger partial charge is 0.366 e. The molecule has 1 amide bonds. The fourth-order valence-electron chi connectivity index (χ4n) is 2.44. The van der Waals surface area contributed by atoms with Gasteiger partial charge in [-0.15, -0.1) is 16.4 Å². The Morgan fingerprint density at radius 1 is 1.35 bits per heavy atom. The third kappa shape index (κ3) is 1.67. The Morgan fingerprint density at radius 3 is 3.15 bits per heavy atom. The molecule has 3 N–H and O–H groups in total. The van der Waals surface area contributed by atoms with Gasteiger partial charge in [0.2, 0.25) is 16.8 Å². The van der Waals surface area contributed by atoms with Crippen molar-refractivity contribution in [1.82, 2.24) is 14.6 Å². The third-order valence-corrected chi connectivity index (χ3v) is 4.21. The van der Waals surface area contributed by atoms with Crippen molar-refractivity contribution in [2.24, 2.45) is 0 Å². The summed E-state index contributed by atoms with van der Waals surface area (Å²) in [5.74, 6) is 0.357. The molecule has 0 spiro atoms. The maximum absolute atomic E-state index is 11.4. The highest BCUT2D eigenvalue weighted by Crippen LogP contribution is 2.30. The Morgan fingerprint density at radius 2 is 2.25 bits per heavy atom. The number of thiazole rings is 1. The van der Waals surface area contributed by atoms with Crippen molar-refractivity contribution >= 4 is 33.8 Å². The van der Waals surface area contributed by atoms with Crippen molar-refractivity contribution < 1.29 is 4.79 Å². The van der Waals surface area contributed by atoms with E-state index in [9.17, 15) is 4.79 Å². The van der Waals surface area contributed by atoms with Gasteiger partial charge in [0.1, 0.15) is 0 Å². The zero-order chi connectivity index (χ0) is 13.7. The Hall–Kier alpha value is -2.41. The second kappa shape index (κ2) is 4.04. The molecule has 0 radical (unpaired) electrons. The summed E-state index contributed by atoms with van der Waals surface area (Å²) < 4.78 is 1.75. The number of nitrogen functional groups attached to an aromatic ring is 1. The number of nitrogens with zero attached hydrogens (tertiary/aromatic N) is 3. The van der Waals surface area contributed by atoms with Gasteiger partial charge in [0, 0.05) is 23.1 Å². The maximum Gasteiger partial charge on any atom is 0.241 e. The van der Waals surface area contributed by atoms with E-state index in [1.165, 1.54) is 11.3 Å². The van der Waals surface area contributed by atoms with Gasteiger partial charge in [-0.2, -0.15) is 4.98 Å². The number of nitrogens with one attached hydrogen (secondary N) is 1. The van der Waals surface area contributed by atoms with Crippen molar-refractivity contribution in [2.45, 2.75) is 12.8 Å². The van der Waals surface area contributed by atoms with Crippen LogP contribution in [0.4, 0.5) is 11.6 Å². The van der Waals surface area contributed by atoms with Crippen LogP contribution in [0.15, 0.2) is 23.6 Å². The number of carbonyl (C=O) groups is 1. The van der Waals surface area contributed by atoms with Crippen molar-refractivity contribution in [2.75, 3.05) is 11.1 Å². The van der Waals surface area contributed by atoms with Gasteiger partial charge in [-0.1, -0.05) is 6.07 Å². The summed E-state index contributed by atoms with van der Waals surface area (Å²) in [6.07, 6.45) is 1.30. The van der Waals surface area contributed by atoms with E-state index in [1.54, 1.807) is 4.52 Å². The monoisotopic (exact) mass is 285 g/mol. The predicted octanol–water partition coefficient (Wildman–Crippen LogP) is 1.92. The first kappa shape index (κ1) is 11.4. The van der Waals surface area contributed by atoms with Gasteiger partial charge in [0.05, 0.1) is 5.69 Å². The summed E-state index contributed by atoms with van der Waals surface area (Å²) in [6.45, 7) is 0. The molecule has 4 rings (SSSR count). The average Bonchev–Trinajstić information content (AvgIpc) is 2.97. The second-order valence-corrected chi connectivity index (χ2v) is 5.54. The Balaban J connectivity index is 1.84. The normalized spacial score (nSPS) is 14.3. The average molecular weight is 285 g/mol. The standard InChI is InChI=1S/C13H11N5OS/c14-12-16-13-18(17-12)10(6-20-13)8-1-3-9-7(5-8)2-4-11(19)15-9/h1,3,5-6H,2,4H2,(H2,14,17)(H,15,19). The smallest absolute Gasteiger partial charge is 0.241 e. The van der Waals surface area contributed by atoms with E-state index in [0.717, 1.165) is 33.9 Å². The molecule has 20 heavy (non-hydrogen) atoms. The van der Waals surface area contributed by atoms with Crippen molar-refractivity contribution in [3.8, 4) is 11.3 Å². The topological polar surface area (TPSA) is 85.3 Å². The lowest BCUT2D eigenvalue weighted by atomic mass is 9.99. The number of anilines is 2. The van der Waals surface area contributed by atoms with E-state index >= 15 is 0 Å². The van der Waals surface area contributed by atoms with Crippen molar-refractivity contribution in [1.29, 1.82) is 0 Å². The van der Waals surface area contributed by atoms with E-state index < -0.39 is 0 Å². The van der Waals surface area contributed by atoms with Crippen molar-refractivity contribution in [3.05, 3.63) is 29.1 Å². The van der Waals surface area contributed by atoms with Crippen LogP contribution in [0.5, 0.6) is 0 Å². The summed E-state index contributed by atoms with van der Waals surface area (Å²) >= 11 is 1.51. The lowest BCUT2D eigenvalue weighted by Crippen LogP contribution is -2.18. The van der Waals surface area contributed by atoms with Crippen LogP contribution in [0.3, 0.4) is 0 Å². The maximum atomic E-state index is 11.4. The molecule has 0 unspecified atom stereocenters. The summed E-state index contributed by atoms with van der Waals surface area (Å²) in [5.41, 5.74) is 9.69. The van der Waals surface area contributed by atoms with Crippen LogP contribution in [-0.4, -0.2) is 20.5 Å². The molecule has 0 atom stereocenters. The Kier molecular flexibility index (Phi) is 2.31. The minimum atomic E-state index is 0.0761. The molecule has 1 aromatic carbocycles. The minimum Gasteiger partial charge on any atom is -0.366 e. The molecular weight excluding hydrogens is 274 g/mol. The molecule has 0 aliphatic carbocycles. The molecule has 100 valence electrons. The fourth-order valence-corrected chi connectivity index (χ4v) is 3.28. The number of aromatic nitrogens is 3. The van der Waals surface area contributed by atoms with Crippen LogP contribution in [0.1, 0.15) is 12.0 Å². The minimum absolute atomic E-state index is 0.0761. The zero-order valence-electron chi connectivity index (χ0n) is 10.5. The van der Waals surface area contributed by atoms with Gasteiger partial charge in [0.25, 0.3) is 0 Å². The number of nitrogens with two attached hydrogens (primary N) is 1. The van der Waals surface area contributed by atoms with E-state index in [-0.39, 0.29) is 11.9 Å². The van der Waals surface area contributed by atoms with Crippen LogP contribution in [0, 0.1) is 0 Å². The Labute approximate surface area is 118 Å². The number of benzene rings is 1. The number of rotatable bonds is 1. The number of hydrogen-bond donors (Lipinski definition) is 2. The van der Waals surface area contributed by atoms with Crippen molar-refractivity contribution in [3.63, 3.8) is 0 Å². The number of fused-ring (bicyclic) bond motifs is 2. The van der Waals surface area contributed by atoms with E-state index in [1.807, 2.05) is 17.5 Å². The first-order valence-corrected chi connectivity index (χ1v) is 7.11. The lowest BCUT2D eigenvalue weighted by Gasteiger charge is -2.17. The summed E-state index contributed by atoms with van der Waals surface area (Å²) in [6, 6.07) is 6.00. The van der Waals surface area contributed by atoms with Crippen LogP contribution in [0.2, 0.25) is 0 Å². The Bertz CT molecular complexity index is 835. The van der Waals surface area contributed by atoms with Gasteiger partial charge in [0.15, 0.2) is 0 Å². The molecule has 7 heteroatoms. The molecule has 0 saturated carbocycles. The molecule has 3 heterocycles. The predicted molar refractivity (Wildman–Crippen MR) is 77.7 cm³/mol. The molecular formula is C13H11N5OS. The number of aryl methyl sites for hydroxylation is 1. The first-order chi connectivity index (χ1) is 9.70. The van der Waals surface area contributed by atoms with Gasteiger partial charge in [-0.05, 0) is 24.1 Å². The lowest BCUT2D eigenvalue weighted by molar-refractivity contribution is -0.116. The van der Waals surface area contributed by atoms with Gasteiger partial charge in [-0.25, -0.2) is 4.52 Å². The first-order valence-electron chi connectivity index (χ1n) is 6.23. The highest BCUT2D eigenvalue weighted by Gasteiger charge is 2.17. The van der Waals surface area contributed by atoms with Crippen LogP contribution in [0.25, 0.3) is 16.2 Å². The third-order valence-electron chi connectivity index (χ3n) is 3.39. The van der Waals surface area contributed by atoms with E-state index in [2.05, 4.69) is 21.5 Å². The summed E-state index contributed by atoms with van der Waals surface area (Å²) in [4.78, 5) is 16.3. The summed E-state index contributed by atoms with van der Waals surface area (Å²) in [7, 11) is 0. The molecule has 0 fully saturated rings. The second-order valence-electron chi connectivity index (χ2n) is 4.71. The van der Waals surface area contributed by atoms with E-state index in [0.29, 0.717) is 6.42 Å². The van der Waals surface area contributed by atoms with Crippen LogP contribution in [-0.2, 0) is 11.2 Å². The molecule has 1 aliphatic rings. The molecule has 6 nitrogen and oxygen atoms in total. The summed E-state index contributed by atoms with van der Waals surface area (Å²) in [5, 5.41) is 9.09. The van der Waals surface area contributed by atoms with Crippen LogP contribution >= 0.6 is 11.3 Å². The molecule has 3 aromatic rings. The van der Waals surface area contributed by atoms with Gasteiger partial charge >= 0.3 is 0 Å². The highest BCUT2D eigenvalue weighted by molar-refractivity contribution is 7.15. The highest BCUT2D eigenvalue weighted by atomic mass is 32.1. The number of hydrogen-bond acceptors (Lipinski definition) is 5. The van der Waals surface area contributed by atoms with Crippen LogP contribution < -0.4 is 11.1 Å². The number of carbonyl (C=O) groups excluding carboxylic acids is 1. The van der Waals surface area contributed by atoms with E-state index in [4.69, 9.17) is 5.73 Å². The zero-order valence-corrected chi connectivity index (χ0v) is 11.3. The SMILES string of the molecule is Nc1nc2scc(-c3ccc4c(c3)CCC(=O)N4)n2n1. The molecule has 1 aliphatic heterocycles. The van der Waals surface area contributed by atoms with Gasteiger partial charge < -0.3 is 11.1 Å².